The third kappa shape index (κ3) is 3.55. The van der Waals surface area contributed by atoms with Crippen LogP contribution in [0.25, 0.3) is 11.0 Å². The van der Waals surface area contributed by atoms with Gasteiger partial charge in [0.2, 0.25) is 5.91 Å². The van der Waals surface area contributed by atoms with E-state index >= 15 is 0 Å². The molecule has 0 atom stereocenters. The average molecular weight is 352 g/mol. The van der Waals surface area contributed by atoms with E-state index in [0.717, 1.165) is 11.0 Å². The summed E-state index contributed by atoms with van der Waals surface area (Å²) in [6.45, 7) is 0. The largest absolute Gasteiger partial charge is 0.333 e. The van der Waals surface area contributed by atoms with Gasteiger partial charge in [0.1, 0.15) is 0 Å². The fourth-order valence-electron chi connectivity index (χ4n) is 1.91. The Hall–Kier alpha value is -1.69. The van der Waals surface area contributed by atoms with Crippen LogP contribution in [0, 0.1) is 0 Å². The summed E-state index contributed by atoms with van der Waals surface area (Å²) in [4.78, 5) is 19.5. The number of para-hydroxylation sites is 2. The Bertz CT molecular complexity index is 802. The normalized spacial score (nSPS) is 10.8. The fourth-order valence-corrected chi connectivity index (χ4v) is 3.05. The van der Waals surface area contributed by atoms with Crippen LogP contribution in [0.5, 0.6) is 0 Å². The van der Waals surface area contributed by atoms with E-state index in [1.807, 2.05) is 24.3 Å². The third-order valence-electron chi connectivity index (χ3n) is 2.91. The van der Waals surface area contributed by atoms with Crippen molar-refractivity contribution in [2.24, 2.45) is 0 Å². The number of imidazole rings is 1. The highest BCUT2D eigenvalue weighted by Gasteiger charge is 2.09. The van der Waals surface area contributed by atoms with Crippen molar-refractivity contribution in [1.29, 1.82) is 0 Å². The van der Waals surface area contributed by atoms with Crippen molar-refractivity contribution in [2.75, 3.05) is 11.1 Å². The zero-order valence-corrected chi connectivity index (χ0v) is 13.6. The smallest absolute Gasteiger partial charge is 0.234 e. The molecule has 0 aliphatic carbocycles. The number of carbonyl (C=O) groups is 1. The molecule has 0 unspecified atom stereocenters. The minimum atomic E-state index is -0.158. The zero-order chi connectivity index (χ0) is 15.5. The van der Waals surface area contributed by atoms with E-state index in [0.29, 0.717) is 20.9 Å². The van der Waals surface area contributed by atoms with E-state index in [-0.39, 0.29) is 11.7 Å². The number of benzene rings is 2. The molecule has 3 aromatic rings. The van der Waals surface area contributed by atoms with E-state index < -0.39 is 0 Å². The van der Waals surface area contributed by atoms with Gasteiger partial charge in [-0.25, -0.2) is 4.98 Å². The van der Waals surface area contributed by atoms with Gasteiger partial charge in [-0.2, -0.15) is 0 Å². The molecular formula is C15H11Cl2N3OS. The van der Waals surface area contributed by atoms with Crippen LogP contribution in [0.15, 0.2) is 47.6 Å². The first-order valence-corrected chi connectivity index (χ1v) is 8.18. The van der Waals surface area contributed by atoms with E-state index in [1.54, 1.807) is 18.2 Å². The number of aromatic nitrogens is 2. The Labute approximate surface area is 141 Å². The van der Waals surface area contributed by atoms with E-state index in [9.17, 15) is 4.79 Å². The monoisotopic (exact) mass is 351 g/mol. The van der Waals surface area contributed by atoms with Crippen molar-refractivity contribution >= 4 is 57.6 Å². The Morgan fingerprint density at radius 2 is 2.05 bits per heavy atom. The number of hydrogen-bond acceptors (Lipinski definition) is 3. The molecule has 22 heavy (non-hydrogen) atoms. The number of rotatable bonds is 4. The van der Waals surface area contributed by atoms with E-state index in [4.69, 9.17) is 23.2 Å². The molecule has 2 N–H and O–H groups in total. The minimum absolute atomic E-state index is 0.158. The maximum Gasteiger partial charge on any atom is 0.234 e. The van der Waals surface area contributed by atoms with Gasteiger partial charge >= 0.3 is 0 Å². The lowest BCUT2D eigenvalue weighted by atomic mass is 10.3. The van der Waals surface area contributed by atoms with Crippen molar-refractivity contribution in [3.05, 3.63) is 52.5 Å². The predicted molar refractivity (Wildman–Crippen MR) is 91.9 cm³/mol. The number of H-pyrrole nitrogens is 1. The number of amides is 1. The van der Waals surface area contributed by atoms with Crippen LogP contribution in [0.1, 0.15) is 0 Å². The Balaban J connectivity index is 1.62. The lowest BCUT2D eigenvalue weighted by Crippen LogP contribution is -2.14. The molecule has 1 heterocycles. The number of nitrogens with zero attached hydrogens (tertiary/aromatic N) is 1. The van der Waals surface area contributed by atoms with Crippen molar-refractivity contribution < 1.29 is 4.79 Å². The second-order valence-corrected chi connectivity index (χ2v) is 6.33. The molecule has 3 rings (SSSR count). The summed E-state index contributed by atoms with van der Waals surface area (Å²) < 4.78 is 0. The number of halogens is 2. The second-order valence-electron chi connectivity index (χ2n) is 4.52. The van der Waals surface area contributed by atoms with Gasteiger partial charge in [-0.15, -0.1) is 0 Å². The highest BCUT2D eigenvalue weighted by Crippen LogP contribution is 2.26. The van der Waals surface area contributed by atoms with Crippen molar-refractivity contribution in [1.82, 2.24) is 9.97 Å². The minimum Gasteiger partial charge on any atom is -0.333 e. The maximum absolute atomic E-state index is 12.0. The summed E-state index contributed by atoms with van der Waals surface area (Å²) in [5.74, 6) is 0.0772. The summed E-state index contributed by atoms with van der Waals surface area (Å²) in [7, 11) is 0. The van der Waals surface area contributed by atoms with Crippen LogP contribution in [0.3, 0.4) is 0 Å². The molecule has 0 spiro atoms. The molecular weight excluding hydrogens is 341 g/mol. The molecule has 1 aromatic heterocycles. The summed E-state index contributed by atoms with van der Waals surface area (Å²) in [5.41, 5.74) is 2.37. The van der Waals surface area contributed by atoms with Gasteiger partial charge in [-0.05, 0) is 30.3 Å². The lowest BCUT2D eigenvalue weighted by Gasteiger charge is -2.06. The SMILES string of the molecule is O=C(CSc1nc2ccccc2[nH]1)Nc1ccc(Cl)cc1Cl. The second kappa shape index (κ2) is 6.60. The van der Waals surface area contributed by atoms with Gasteiger partial charge in [0, 0.05) is 5.02 Å². The summed E-state index contributed by atoms with van der Waals surface area (Å²) in [5, 5.41) is 4.40. The number of carbonyl (C=O) groups excluding carboxylic acids is 1. The number of fused-ring (bicyclic) bond motifs is 1. The molecule has 0 radical (unpaired) electrons. The Morgan fingerprint density at radius 3 is 2.82 bits per heavy atom. The first kappa shape index (κ1) is 15.2. The van der Waals surface area contributed by atoms with Gasteiger partial charge in [0.25, 0.3) is 0 Å². The van der Waals surface area contributed by atoms with Crippen LogP contribution >= 0.6 is 35.0 Å². The van der Waals surface area contributed by atoms with Crippen LogP contribution < -0.4 is 5.32 Å². The first-order valence-electron chi connectivity index (χ1n) is 6.44. The molecule has 4 nitrogen and oxygen atoms in total. The number of aromatic amines is 1. The van der Waals surface area contributed by atoms with E-state index in [1.165, 1.54) is 11.8 Å². The van der Waals surface area contributed by atoms with Crippen molar-refractivity contribution in [2.45, 2.75) is 5.16 Å². The van der Waals surface area contributed by atoms with Gasteiger partial charge in [0.15, 0.2) is 5.16 Å². The topological polar surface area (TPSA) is 57.8 Å². The molecule has 112 valence electrons. The highest BCUT2D eigenvalue weighted by molar-refractivity contribution is 7.99. The summed E-state index contributed by atoms with van der Waals surface area (Å²) in [6.07, 6.45) is 0. The third-order valence-corrected chi connectivity index (χ3v) is 4.33. The van der Waals surface area contributed by atoms with Crippen molar-refractivity contribution in [3.8, 4) is 0 Å². The molecule has 7 heteroatoms. The number of thioether (sulfide) groups is 1. The average Bonchev–Trinajstić information content (AvgIpc) is 2.91. The maximum atomic E-state index is 12.0. The lowest BCUT2D eigenvalue weighted by molar-refractivity contribution is -0.113. The summed E-state index contributed by atoms with van der Waals surface area (Å²) in [6, 6.07) is 12.7. The number of anilines is 1. The summed E-state index contributed by atoms with van der Waals surface area (Å²) >= 11 is 13.2. The van der Waals surface area contributed by atoms with E-state index in [2.05, 4.69) is 15.3 Å². The van der Waals surface area contributed by atoms with Gasteiger partial charge in [0.05, 0.1) is 27.5 Å². The van der Waals surface area contributed by atoms with Gasteiger partial charge in [-0.3, -0.25) is 4.79 Å². The number of hydrogen-bond donors (Lipinski definition) is 2. The molecule has 0 bridgehead atoms. The fraction of sp³-hybridized carbons (Fsp3) is 0.0667. The van der Waals surface area contributed by atoms with Crippen LogP contribution in [-0.2, 0) is 4.79 Å². The van der Waals surface area contributed by atoms with Gasteiger partial charge in [-0.1, -0.05) is 47.1 Å². The molecule has 2 aromatic carbocycles. The molecule has 0 saturated heterocycles. The van der Waals surface area contributed by atoms with Crippen LogP contribution in [0.2, 0.25) is 10.0 Å². The Kier molecular flexibility index (Phi) is 4.57. The Morgan fingerprint density at radius 1 is 1.23 bits per heavy atom. The van der Waals surface area contributed by atoms with Crippen LogP contribution in [-0.4, -0.2) is 21.6 Å². The molecule has 1 amide bonds. The zero-order valence-electron chi connectivity index (χ0n) is 11.3. The highest BCUT2D eigenvalue weighted by atomic mass is 35.5. The number of nitrogens with one attached hydrogen (secondary N) is 2. The molecule has 0 aliphatic heterocycles. The standard InChI is InChI=1S/C15H11Cl2N3OS/c16-9-5-6-11(10(17)7-9)18-14(21)8-22-15-19-12-3-1-2-4-13(12)20-15/h1-7H,8H2,(H,18,21)(H,19,20). The quantitative estimate of drug-likeness (QED) is 0.675. The van der Waals surface area contributed by atoms with Crippen molar-refractivity contribution in [3.63, 3.8) is 0 Å². The molecule has 0 aliphatic rings. The first-order chi connectivity index (χ1) is 10.6. The van der Waals surface area contributed by atoms with Gasteiger partial charge < -0.3 is 10.3 Å². The molecule has 0 fully saturated rings. The predicted octanol–water partition coefficient (Wildman–Crippen LogP) is 4.60. The molecule has 0 saturated carbocycles. The van der Waals surface area contributed by atoms with Crippen LogP contribution in [0.4, 0.5) is 5.69 Å².